The van der Waals surface area contributed by atoms with Gasteiger partial charge in [0.05, 0.1) is 0 Å². The van der Waals surface area contributed by atoms with E-state index in [1.807, 2.05) is 0 Å². The van der Waals surface area contributed by atoms with Gasteiger partial charge < -0.3 is 5.11 Å². The Morgan fingerprint density at radius 1 is 1.24 bits per heavy atom. The molecule has 0 bridgehead atoms. The van der Waals surface area contributed by atoms with Gasteiger partial charge in [0.2, 0.25) is 0 Å². The highest BCUT2D eigenvalue weighted by atomic mass is 32.2. The van der Waals surface area contributed by atoms with Gasteiger partial charge in [-0.1, -0.05) is 6.92 Å². The zero-order valence-corrected chi connectivity index (χ0v) is 11.4. The van der Waals surface area contributed by atoms with E-state index >= 15 is 0 Å². The molecule has 1 saturated heterocycles. The second-order valence-electron chi connectivity index (χ2n) is 4.77. The van der Waals surface area contributed by atoms with Crippen molar-refractivity contribution >= 4 is 10.2 Å². The Balaban J connectivity index is 2.25. The first-order chi connectivity index (χ1) is 8.06. The van der Waals surface area contributed by atoms with Crippen LogP contribution in [0.1, 0.15) is 39.0 Å². The third kappa shape index (κ3) is 5.33. The molecule has 102 valence electrons. The molecule has 17 heavy (non-hydrogen) atoms. The third-order valence-electron chi connectivity index (χ3n) is 3.20. The van der Waals surface area contributed by atoms with Crippen molar-refractivity contribution in [2.24, 2.45) is 5.92 Å². The summed E-state index contributed by atoms with van der Waals surface area (Å²) in [5, 5.41) is 8.61. The van der Waals surface area contributed by atoms with Gasteiger partial charge in [0.15, 0.2) is 0 Å². The van der Waals surface area contributed by atoms with E-state index in [1.54, 1.807) is 4.31 Å². The Morgan fingerprint density at radius 3 is 2.47 bits per heavy atom. The van der Waals surface area contributed by atoms with Crippen molar-refractivity contribution in [2.45, 2.75) is 39.0 Å². The van der Waals surface area contributed by atoms with Crippen LogP contribution >= 0.6 is 0 Å². The Hall–Kier alpha value is -0.170. The van der Waals surface area contributed by atoms with E-state index in [0.29, 0.717) is 25.6 Å². The van der Waals surface area contributed by atoms with Gasteiger partial charge in [0.25, 0.3) is 10.2 Å². The van der Waals surface area contributed by atoms with Crippen LogP contribution in [-0.2, 0) is 10.2 Å². The molecular weight excluding hydrogens is 240 g/mol. The molecule has 0 amide bonds. The summed E-state index contributed by atoms with van der Waals surface area (Å²) < 4.78 is 27.9. The van der Waals surface area contributed by atoms with Crippen molar-refractivity contribution < 1.29 is 13.5 Å². The zero-order valence-electron chi connectivity index (χ0n) is 10.6. The standard InChI is InChI=1S/C11H24N2O3S/c1-11-5-8-13(9-6-11)17(15,16)12-7-3-2-4-10-14/h11-12,14H,2-10H2,1H3. The zero-order chi connectivity index (χ0) is 12.7. The summed E-state index contributed by atoms with van der Waals surface area (Å²) in [4.78, 5) is 0. The number of hydrogen-bond acceptors (Lipinski definition) is 3. The van der Waals surface area contributed by atoms with Crippen molar-refractivity contribution in [3.05, 3.63) is 0 Å². The van der Waals surface area contributed by atoms with Crippen LogP contribution in [0.25, 0.3) is 0 Å². The van der Waals surface area contributed by atoms with Crippen molar-refractivity contribution in [3.8, 4) is 0 Å². The molecule has 5 nitrogen and oxygen atoms in total. The number of nitrogens with one attached hydrogen (secondary N) is 1. The molecule has 0 radical (unpaired) electrons. The van der Waals surface area contributed by atoms with Gasteiger partial charge >= 0.3 is 0 Å². The van der Waals surface area contributed by atoms with E-state index in [2.05, 4.69) is 11.6 Å². The first-order valence-corrected chi connectivity index (χ1v) is 7.86. The van der Waals surface area contributed by atoms with Crippen molar-refractivity contribution in [3.63, 3.8) is 0 Å². The first-order valence-electron chi connectivity index (χ1n) is 6.42. The van der Waals surface area contributed by atoms with E-state index in [0.717, 1.165) is 32.1 Å². The molecule has 1 rings (SSSR count). The topological polar surface area (TPSA) is 69.6 Å². The first kappa shape index (κ1) is 14.9. The Bertz CT molecular complexity index is 298. The predicted octanol–water partition coefficient (Wildman–Crippen LogP) is 0.715. The number of hydrogen-bond donors (Lipinski definition) is 2. The average Bonchev–Trinajstić information content (AvgIpc) is 2.29. The van der Waals surface area contributed by atoms with Gasteiger partial charge in [0.1, 0.15) is 0 Å². The lowest BCUT2D eigenvalue weighted by molar-refractivity contribution is 0.281. The molecule has 0 aromatic heterocycles. The lowest BCUT2D eigenvalue weighted by atomic mass is 10.0. The monoisotopic (exact) mass is 264 g/mol. The lowest BCUT2D eigenvalue weighted by Crippen LogP contribution is -2.44. The van der Waals surface area contributed by atoms with E-state index in [4.69, 9.17) is 5.11 Å². The number of unbranched alkanes of at least 4 members (excludes halogenated alkanes) is 2. The summed E-state index contributed by atoms with van der Waals surface area (Å²) in [6.45, 7) is 4.07. The van der Waals surface area contributed by atoms with Crippen LogP contribution in [0, 0.1) is 5.92 Å². The van der Waals surface area contributed by atoms with Gasteiger partial charge in [-0.05, 0) is 38.0 Å². The molecule has 0 aliphatic carbocycles. The molecule has 0 saturated carbocycles. The Morgan fingerprint density at radius 2 is 1.88 bits per heavy atom. The molecule has 1 heterocycles. The number of piperidine rings is 1. The summed E-state index contributed by atoms with van der Waals surface area (Å²) >= 11 is 0. The lowest BCUT2D eigenvalue weighted by Gasteiger charge is -2.29. The quantitative estimate of drug-likeness (QED) is 0.666. The smallest absolute Gasteiger partial charge is 0.279 e. The molecule has 0 spiro atoms. The number of aliphatic hydroxyl groups is 1. The van der Waals surface area contributed by atoms with E-state index in [9.17, 15) is 8.42 Å². The fourth-order valence-electron chi connectivity index (χ4n) is 1.93. The second kappa shape index (κ2) is 7.31. The molecule has 6 heteroatoms. The number of nitrogens with zero attached hydrogens (tertiary/aromatic N) is 1. The van der Waals surface area contributed by atoms with Crippen LogP contribution in [0.5, 0.6) is 0 Å². The largest absolute Gasteiger partial charge is 0.396 e. The molecule has 0 aromatic carbocycles. The summed E-state index contributed by atoms with van der Waals surface area (Å²) in [6.07, 6.45) is 4.28. The molecule has 1 aliphatic rings. The van der Waals surface area contributed by atoms with Gasteiger partial charge in [-0.3, -0.25) is 0 Å². The number of aliphatic hydroxyl groups excluding tert-OH is 1. The molecule has 0 aromatic rings. The molecule has 2 N–H and O–H groups in total. The van der Waals surface area contributed by atoms with E-state index < -0.39 is 10.2 Å². The molecular formula is C11H24N2O3S. The van der Waals surface area contributed by atoms with Gasteiger partial charge in [-0.15, -0.1) is 0 Å². The maximum atomic E-state index is 11.9. The Labute approximate surface area is 104 Å². The second-order valence-corrected chi connectivity index (χ2v) is 6.52. The number of rotatable bonds is 7. The summed E-state index contributed by atoms with van der Waals surface area (Å²) in [7, 11) is -3.27. The van der Waals surface area contributed by atoms with Crippen LogP contribution in [0.4, 0.5) is 0 Å². The molecule has 1 aliphatic heterocycles. The summed E-state index contributed by atoms with van der Waals surface area (Å²) in [5.41, 5.74) is 0. The SMILES string of the molecule is CC1CCN(S(=O)(=O)NCCCCCO)CC1. The highest BCUT2D eigenvalue weighted by molar-refractivity contribution is 7.87. The highest BCUT2D eigenvalue weighted by Crippen LogP contribution is 2.17. The van der Waals surface area contributed by atoms with Gasteiger partial charge in [-0.2, -0.15) is 12.7 Å². The Kier molecular flexibility index (Phi) is 6.40. The molecule has 0 atom stereocenters. The predicted molar refractivity (Wildman–Crippen MR) is 67.8 cm³/mol. The van der Waals surface area contributed by atoms with Crippen LogP contribution < -0.4 is 4.72 Å². The van der Waals surface area contributed by atoms with Gasteiger partial charge in [0, 0.05) is 26.2 Å². The highest BCUT2D eigenvalue weighted by Gasteiger charge is 2.25. The molecule has 1 fully saturated rings. The van der Waals surface area contributed by atoms with Crippen LogP contribution in [0.15, 0.2) is 0 Å². The van der Waals surface area contributed by atoms with E-state index in [-0.39, 0.29) is 6.61 Å². The van der Waals surface area contributed by atoms with Crippen molar-refractivity contribution in [1.82, 2.24) is 9.03 Å². The van der Waals surface area contributed by atoms with Crippen molar-refractivity contribution in [2.75, 3.05) is 26.2 Å². The van der Waals surface area contributed by atoms with Gasteiger partial charge in [-0.25, -0.2) is 4.72 Å². The normalized spacial score (nSPS) is 19.6. The van der Waals surface area contributed by atoms with Crippen LogP contribution in [-0.4, -0.2) is 44.1 Å². The summed E-state index contributed by atoms with van der Waals surface area (Å²) in [6, 6.07) is 0. The molecule has 0 unspecified atom stereocenters. The summed E-state index contributed by atoms with van der Waals surface area (Å²) in [5.74, 6) is 0.631. The minimum Gasteiger partial charge on any atom is -0.396 e. The average molecular weight is 264 g/mol. The maximum Gasteiger partial charge on any atom is 0.279 e. The minimum absolute atomic E-state index is 0.177. The maximum absolute atomic E-state index is 11.9. The third-order valence-corrected chi connectivity index (χ3v) is 4.82. The van der Waals surface area contributed by atoms with Crippen molar-refractivity contribution in [1.29, 1.82) is 0 Å². The minimum atomic E-state index is -3.27. The fraction of sp³-hybridized carbons (Fsp3) is 1.00. The fourth-order valence-corrected chi connectivity index (χ4v) is 3.21. The van der Waals surface area contributed by atoms with Crippen LogP contribution in [0.2, 0.25) is 0 Å². The van der Waals surface area contributed by atoms with Crippen LogP contribution in [0.3, 0.4) is 0 Å². The van der Waals surface area contributed by atoms with E-state index in [1.165, 1.54) is 0 Å².